The Balaban J connectivity index is 1.80. The zero-order chi connectivity index (χ0) is 13.4. The van der Waals surface area contributed by atoms with Gasteiger partial charge in [0.05, 0.1) is 5.69 Å². The summed E-state index contributed by atoms with van der Waals surface area (Å²) in [5.74, 6) is 1.27. The third-order valence-corrected chi connectivity index (χ3v) is 4.65. The molecule has 3 rings (SSSR count). The molecule has 1 aromatic rings. The second-order valence-corrected chi connectivity index (χ2v) is 6.06. The lowest BCUT2D eigenvalue weighted by Gasteiger charge is -2.27. The first-order chi connectivity index (χ1) is 9.20. The first-order valence-electron chi connectivity index (χ1n) is 7.70. The average molecular weight is 262 g/mol. The Labute approximate surface area is 116 Å². The van der Waals surface area contributed by atoms with Gasteiger partial charge >= 0.3 is 0 Å². The van der Waals surface area contributed by atoms with E-state index >= 15 is 0 Å². The third kappa shape index (κ3) is 2.56. The number of rotatable bonds is 5. The Morgan fingerprint density at radius 2 is 2.26 bits per heavy atom. The SMILES string of the molecule is CCc1nc2c(n1CC(C)N(C)C1CC1)CCNC2. The van der Waals surface area contributed by atoms with Gasteiger partial charge in [-0.1, -0.05) is 6.92 Å². The fourth-order valence-corrected chi connectivity index (χ4v) is 3.15. The van der Waals surface area contributed by atoms with Gasteiger partial charge in [-0.25, -0.2) is 4.98 Å². The zero-order valence-electron chi connectivity index (χ0n) is 12.4. The summed E-state index contributed by atoms with van der Waals surface area (Å²) >= 11 is 0. The van der Waals surface area contributed by atoms with Gasteiger partial charge < -0.3 is 9.88 Å². The van der Waals surface area contributed by atoms with Crippen molar-refractivity contribution in [1.82, 2.24) is 19.8 Å². The number of aryl methyl sites for hydroxylation is 1. The molecule has 0 spiro atoms. The molecule has 0 radical (unpaired) electrons. The molecule has 1 unspecified atom stereocenters. The van der Waals surface area contributed by atoms with Crippen molar-refractivity contribution in [2.75, 3.05) is 13.6 Å². The molecule has 0 bridgehead atoms. The number of hydrogen-bond donors (Lipinski definition) is 1. The van der Waals surface area contributed by atoms with Gasteiger partial charge in [0, 0.05) is 50.3 Å². The van der Waals surface area contributed by atoms with Crippen LogP contribution in [0.5, 0.6) is 0 Å². The van der Waals surface area contributed by atoms with Gasteiger partial charge in [-0.15, -0.1) is 0 Å². The lowest BCUT2D eigenvalue weighted by atomic mass is 10.1. The zero-order valence-corrected chi connectivity index (χ0v) is 12.4. The van der Waals surface area contributed by atoms with Crippen molar-refractivity contribution >= 4 is 0 Å². The van der Waals surface area contributed by atoms with E-state index < -0.39 is 0 Å². The minimum atomic E-state index is 0.603. The minimum absolute atomic E-state index is 0.603. The first kappa shape index (κ1) is 13.1. The molecule has 0 aromatic carbocycles. The Morgan fingerprint density at radius 1 is 1.47 bits per heavy atom. The van der Waals surface area contributed by atoms with Gasteiger partial charge in [-0.2, -0.15) is 0 Å². The summed E-state index contributed by atoms with van der Waals surface area (Å²) in [4.78, 5) is 7.37. The second-order valence-electron chi connectivity index (χ2n) is 6.06. The number of nitrogens with zero attached hydrogens (tertiary/aromatic N) is 3. The van der Waals surface area contributed by atoms with Crippen LogP contribution in [-0.2, 0) is 25.9 Å². The number of aromatic nitrogens is 2. The minimum Gasteiger partial charge on any atom is -0.330 e. The Hall–Kier alpha value is -0.870. The van der Waals surface area contributed by atoms with E-state index in [1.165, 1.54) is 30.1 Å². The second kappa shape index (κ2) is 5.25. The van der Waals surface area contributed by atoms with E-state index in [0.29, 0.717) is 6.04 Å². The molecule has 1 atom stereocenters. The number of nitrogens with one attached hydrogen (secondary N) is 1. The highest BCUT2D eigenvalue weighted by Crippen LogP contribution is 2.28. The molecule has 1 saturated carbocycles. The maximum atomic E-state index is 4.82. The van der Waals surface area contributed by atoms with Crippen LogP contribution in [0.3, 0.4) is 0 Å². The number of hydrogen-bond acceptors (Lipinski definition) is 3. The van der Waals surface area contributed by atoms with E-state index in [9.17, 15) is 0 Å². The summed E-state index contributed by atoms with van der Waals surface area (Å²) in [5.41, 5.74) is 2.76. The van der Waals surface area contributed by atoms with E-state index in [0.717, 1.165) is 38.5 Å². The van der Waals surface area contributed by atoms with Crippen LogP contribution < -0.4 is 5.32 Å². The molecule has 106 valence electrons. The average Bonchev–Trinajstić information content (AvgIpc) is 3.22. The largest absolute Gasteiger partial charge is 0.330 e. The van der Waals surface area contributed by atoms with Crippen molar-refractivity contribution in [2.24, 2.45) is 0 Å². The number of imidazole rings is 1. The molecular formula is C15H26N4. The molecular weight excluding hydrogens is 236 g/mol. The summed E-state index contributed by atoms with van der Waals surface area (Å²) in [6, 6.07) is 1.44. The highest BCUT2D eigenvalue weighted by Gasteiger charge is 2.30. The summed E-state index contributed by atoms with van der Waals surface area (Å²) in [6.45, 7) is 7.70. The summed E-state index contributed by atoms with van der Waals surface area (Å²) in [5, 5.41) is 3.42. The van der Waals surface area contributed by atoms with Crippen LogP contribution in [0.2, 0.25) is 0 Å². The van der Waals surface area contributed by atoms with Crippen LogP contribution in [0.15, 0.2) is 0 Å². The predicted octanol–water partition coefficient (Wildman–Crippen LogP) is 1.57. The van der Waals surface area contributed by atoms with Crippen LogP contribution in [0, 0.1) is 0 Å². The fraction of sp³-hybridized carbons (Fsp3) is 0.800. The Kier molecular flexibility index (Phi) is 3.63. The molecule has 2 aliphatic rings. The molecule has 1 aliphatic heterocycles. The number of fused-ring (bicyclic) bond motifs is 1. The van der Waals surface area contributed by atoms with Crippen molar-refractivity contribution in [3.63, 3.8) is 0 Å². The van der Waals surface area contributed by atoms with Gasteiger partial charge in [-0.05, 0) is 26.8 Å². The molecule has 0 amide bonds. The Morgan fingerprint density at radius 3 is 2.95 bits per heavy atom. The summed E-state index contributed by atoms with van der Waals surface area (Å²) < 4.78 is 2.50. The maximum Gasteiger partial charge on any atom is 0.109 e. The summed E-state index contributed by atoms with van der Waals surface area (Å²) in [6.07, 6.45) is 4.93. The van der Waals surface area contributed by atoms with Crippen LogP contribution in [-0.4, -0.2) is 40.1 Å². The van der Waals surface area contributed by atoms with Gasteiger partial charge in [0.25, 0.3) is 0 Å². The number of likely N-dealkylation sites (N-methyl/N-ethyl adjacent to an activating group) is 1. The molecule has 19 heavy (non-hydrogen) atoms. The highest BCUT2D eigenvalue weighted by molar-refractivity contribution is 5.20. The van der Waals surface area contributed by atoms with Crippen molar-refractivity contribution < 1.29 is 0 Å². The molecule has 4 nitrogen and oxygen atoms in total. The molecule has 1 fully saturated rings. The van der Waals surface area contributed by atoms with Crippen LogP contribution in [0.4, 0.5) is 0 Å². The third-order valence-electron chi connectivity index (χ3n) is 4.65. The van der Waals surface area contributed by atoms with E-state index in [1.807, 2.05) is 0 Å². The molecule has 0 saturated heterocycles. The van der Waals surface area contributed by atoms with Crippen LogP contribution in [0.25, 0.3) is 0 Å². The fourth-order valence-electron chi connectivity index (χ4n) is 3.15. The summed E-state index contributed by atoms with van der Waals surface area (Å²) in [7, 11) is 2.28. The van der Waals surface area contributed by atoms with Gasteiger partial charge in [-0.3, -0.25) is 4.90 Å². The van der Waals surface area contributed by atoms with Crippen molar-refractivity contribution in [3.05, 3.63) is 17.2 Å². The molecule has 4 heteroatoms. The van der Waals surface area contributed by atoms with Gasteiger partial charge in [0.15, 0.2) is 0 Å². The van der Waals surface area contributed by atoms with Crippen molar-refractivity contribution in [2.45, 2.75) is 64.7 Å². The molecule has 1 aliphatic carbocycles. The van der Waals surface area contributed by atoms with Gasteiger partial charge in [0.2, 0.25) is 0 Å². The van der Waals surface area contributed by atoms with Crippen molar-refractivity contribution in [3.8, 4) is 0 Å². The van der Waals surface area contributed by atoms with E-state index in [1.54, 1.807) is 0 Å². The van der Waals surface area contributed by atoms with E-state index in [-0.39, 0.29) is 0 Å². The molecule has 1 N–H and O–H groups in total. The standard InChI is InChI=1S/C15H26N4/c1-4-15-17-13-9-16-8-7-14(13)19(15)10-11(2)18(3)12-5-6-12/h11-12,16H,4-10H2,1-3H3. The lowest BCUT2D eigenvalue weighted by molar-refractivity contribution is 0.223. The highest BCUT2D eigenvalue weighted by atomic mass is 15.2. The van der Waals surface area contributed by atoms with E-state index in [4.69, 9.17) is 4.98 Å². The van der Waals surface area contributed by atoms with Crippen LogP contribution in [0.1, 0.15) is 43.9 Å². The normalized spacial score (nSPS) is 20.6. The topological polar surface area (TPSA) is 33.1 Å². The predicted molar refractivity (Wildman–Crippen MR) is 77.3 cm³/mol. The van der Waals surface area contributed by atoms with Crippen LogP contribution >= 0.6 is 0 Å². The smallest absolute Gasteiger partial charge is 0.109 e. The first-order valence-corrected chi connectivity index (χ1v) is 7.70. The monoisotopic (exact) mass is 262 g/mol. The van der Waals surface area contributed by atoms with Gasteiger partial charge in [0.1, 0.15) is 5.82 Å². The lowest BCUT2D eigenvalue weighted by Crippen LogP contribution is -2.36. The quantitative estimate of drug-likeness (QED) is 0.874. The maximum absolute atomic E-state index is 4.82. The molecule has 1 aromatic heterocycles. The van der Waals surface area contributed by atoms with Crippen molar-refractivity contribution in [1.29, 1.82) is 0 Å². The molecule has 2 heterocycles. The van der Waals surface area contributed by atoms with E-state index in [2.05, 4.69) is 35.7 Å². The Bertz CT molecular complexity index is 447.